The summed E-state index contributed by atoms with van der Waals surface area (Å²) in [5.41, 5.74) is 7.56. The van der Waals surface area contributed by atoms with Crippen LogP contribution in [0.3, 0.4) is 0 Å². The first kappa shape index (κ1) is 11.0. The fraction of sp³-hybridized carbons (Fsp3) is 0.0909. The molecule has 6 nitrogen and oxygen atoms in total. The van der Waals surface area contributed by atoms with Gasteiger partial charge in [-0.15, -0.1) is 0 Å². The summed E-state index contributed by atoms with van der Waals surface area (Å²) in [6.45, 7) is 1.75. The molecule has 0 spiro atoms. The summed E-state index contributed by atoms with van der Waals surface area (Å²) in [7, 11) is 0. The van der Waals surface area contributed by atoms with E-state index in [1.54, 1.807) is 6.92 Å². The van der Waals surface area contributed by atoms with Crippen LogP contribution in [0.5, 0.6) is 5.75 Å². The maximum atomic E-state index is 11.8. The Kier molecular flexibility index (Phi) is 2.70. The molecule has 0 aliphatic heterocycles. The molecule has 5 N–H and O–H groups in total. The van der Waals surface area contributed by atoms with E-state index in [0.717, 1.165) is 0 Å². The van der Waals surface area contributed by atoms with Crippen molar-refractivity contribution >= 4 is 17.3 Å². The minimum atomic E-state index is -0.298. The lowest BCUT2D eigenvalue weighted by molar-refractivity contribution is 0.102. The fourth-order valence-electron chi connectivity index (χ4n) is 1.43. The van der Waals surface area contributed by atoms with E-state index in [1.165, 1.54) is 24.4 Å². The van der Waals surface area contributed by atoms with Gasteiger partial charge in [0.2, 0.25) is 0 Å². The van der Waals surface area contributed by atoms with E-state index >= 15 is 0 Å². The third-order valence-electron chi connectivity index (χ3n) is 2.36. The molecule has 0 aliphatic carbocycles. The molecule has 0 saturated carbocycles. The molecule has 0 unspecified atom stereocenters. The minimum Gasteiger partial charge on any atom is -0.508 e. The van der Waals surface area contributed by atoms with Gasteiger partial charge in [0.05, 0.1) is 23.1 Å². The zero-order valence-electron chi connectivity index (χ0n) is 9.19. The molecule has 1 aromatic carbocycles. The number of benzene rings is 1. The van der Waals surface area contributed by atoms with Gasteiger partial charge < -0.3 is 16.2 Å². The topological polar surface area (TPSA) is 104 Å². The van der Waals surface area contributed by atoms with Crippen LogP contribution in [0.1, 0.15) is 16.1 Å². The van der Waals surface area contributed by atoms with Gasteiger partial charge in [0, 0.05) is 11.8 Å². The molecular formula is C11H12N4O2. The van der Waals surface area contributed by atoms with Crippen LogP contribution < -0.4 is 11.1 Å². The van der Waals surface area contributed by atoms with Crippen LogP contribution in [0.25, 0.3) is 0 Å². The van der Waals surface area contributed by atoms with Crippen molar-refractivity contribution in [3.05, 3.63) is 35.7 Å². The summed E-state index contributed by atoms with van der Waals surface area (Å²) in [5, 5.41) is 18.3. The number of phenolic OH excluding ortho intramolecular Hbond substituents is 1. The Balaban J connectivity index is 2.22. The zero-order valence-corrected chi connectivity index (χ0v) is 9.19. The maximum Gasteiger partial charge on any atom is 0.259 e. The van der Waals surface area contributed by atoms with Crippen molar-refractivity contribution in [3.63, 3.8) is 0 Å². The Bertz CT molecular complexity index is 562. The number of carbonyl (C=O) groups excluding carboxylic acids is 1. The van der Waals surface area contributed by atoms with Crippen LogP contribution in [-0.4, -0.2) is 21.2 Å². The highest BCUT2D eigenvalue weighted by atomic mass is 16.3. The number of H-pyrrole nitrogens is 1. The number of hydrogen-bond acceptors (Lipinski definition) is 4. The highest BCUT2D eigenvalue weighted by Gasteiger charge is 2.12. The summed E-state index contributed by atoms with van der Waals surface area (Å²) in [6, 6.07) is 4.37. The van der Waals surface area contributed by atoms with Crippen molar-refractivity contribution in [3.8, 4) is 5.75 Å². The van der Waals surface area contributed by atoms with Crippen molar-refractivity contribution in [1.82, 2.24) is 10.2 Å². The Labute approximate surface area is 97.5 Å². The van der Waals surface area contributed by atoms with E-state index in [0.29, 0.717) is 22.6 Å². The number of amides is 1. The van der Waals surface area contributed by atoms with E-state index in [-0.39, 0.29) is 11.7 Å². The summed E-state index contributed by atoms with van der Waals surface area (Å²) in [5.74, 6) is -0.242. The number of aromatic amines is 1. The molecule has 0 saturated heterocycles. The van der Waals surface area contributed by atoms with Crippen molar-refractivity contribution in [2.24, 2.45) is 0 Å². The second-order valence-corrected chi connectivity index (χ2v) is 3.63. The molecule has 1 amide bonds. The molecule has 88 valence electrons. The second-order valence-electron chi connectivity index (χ2n) is 3.63. The van der Waals surface area contributed by atoms with Crippen LogP contribution in [0, 0.1) is 6.92 Å². The van der Waals surface area contributed by atoms with E-state index in [1.807, 2.05) is 0 Å². The van der Waals surface area contributed by atoms with Crippen LogP contribution in [-0.2, 0) is 0 Å². The second kappa shape index (κ2) is 4.17. The number of nitrogen functional groups attached to an aromatic ring is 1. The molecular weight excluding hydrogens is 220 g/mol. The smallest absolute Gasteiger partial charge is 0.259 e. The van der Waals surface area contributed by atoms with E-state index in [2.05, 4.69) is 15.5 Å². The summed E-state index contributed by atoms with van der Waals surface area (Å²) in [6.07, 6.45) is 1.45. The van der Waals surface area contributed by atoms with Gasteiger partial charge in [0.1, 0.15) is 5.75 Å². The third-order valence-corrected chi connectivity index (χ3v) is 2.36. The Morgan fingerprint density at radius 3 is 2.88 bits per heavy atom. The molecule has 2 aromatic rings. The molecule has 1 aromatic heterocycles. The van der Waals surface area contributed by atoms with Crippen LogP contribution in [0.2, 0.25) is 0 Å². The van der Waals surface area contributed by atoms with E-state index in [4.69, 9.17) is 5.73 Å². The van der Waals surface area contributed by atoms with Gasteiger partial charge in [-0.05, 0) is 19.1 Å². The number of nitrogens with one attached hydrogen (secondary N) is 2. The summed E-state index contributed by atoms with van der Waals surface area (Å²) in [4.78, 5) is 11.8. The van der Waals surface area contributed by atoms with Crippen molar-refractivity contribution in [1.29, 1.82) is 0 Å². The Hall–Kier alpha value is -2.50. The monoisotopic (exact) mass is 232 g/mol. The maximum absolute atomic E-state index is 11.8. The fourth-order valence-corrected chi connectivity index (χ4v) is 1.43. The van der Waals surface area contributed by atoms with Crippen LogP contribution in [0.4, 0.5) is 11.4 Å². The number of nitrogens with two attached hydrogens (primary N) is 1. The van der Waals surface area contributed by atoms with Gasteiger partial charge in [-0.25, -0.2) is 0 Å². The third kappa shape index (κ3) is 2.20. The molecule has 1 heterocycles. The average molecular weight is 232 g/mol. The molecule has 0 fully saturated rings. The predicted octanol–water partition coefficient (Wildman–Crippen LogP) is 1.26. The number of phenols is 1. The number of nitrogens with zero attached hydrogens (tertiary/aromatic N) is 1. The number of anilines is 2. The number of hydrogen-bond donors (Lipinski definition) is 4. The molecule has 0 atom stereocenters. The highest BCUT2D eigenvalue weighted by molar-refractivity contribution is 6.06. The quantitative estimate of drug-likeness (QED) is 0.462. The number of aromatic hydroxyl groups is 1. The summed E-state index contributed by atoms with van der Waals surface area (Å²) >= 11 is 0. The largest absolute Gasteiger partial charge is 0.508 e. The van der Waals surface area contributed by atoms with Crippen LogP contribution >= 0.6 is 0 Å². The SMILES string of the molecule is Cc1[nH]ncc1C(=O)Nc1ccc(O)cc1N. The van der Waals surface area contributed by atoms with Gasteiger partial charge in [-0.1, -0.05) is 0 Å². The lowest BCUT2D eigenvalue weighted by Gasteiger charge is -2.07. The standard InChI is InChI=1S/C11H12N4O2/c1-6-8(5-13-15-6)11(17)14-10-3-2-7(16)4-9(10)12/h2-5,16H,12H2,1H3,(H,13,15)(H,14,17). The molecule has 17 heavy (non-hydrogen) atoms. The molecule has 6 heteroatoms. The van der Waals surface area contributed by atoms with Gasteiger partial charge >= 0.3 is 0 Å². The van der Waals surface area contributed by atoms with Crippen molar-refractivity contribution in [2.75, 3.05) is 11.1 Å². The highest BCUT2D eigenvalue weighted by Crippen LogP contribution is 2.23. The predicted molar refractivity (Wildman–Crippen MR) is 63.8 cm³/mol. The van der Waals surface area contributed by atoms with Crippen molar-refractivity contribution in [2.45, 2.75) is 6.92 Å². The average Bonchev–Trinajstić information content (AvgIpc) is 2.68. The lowest BCUT2D eigenvalue weighted by atomic mass is 10.2. The normalized spacial score (nSPS) is 10.2. The first-order valence-electron chi connectivity index (χ1n) is 4.97. The molecule has 0 bridgehead atoms. The minimum absolute atomic E-state index is 0.0555. The lowest BCUT2D eigenvalue weighted by Crippen LogP contribution is -2.13. The van der Waals surface area contributed by atoms with E-state index in [9.17, 15) is 9.90 Å². The van der Waals surface area contributed by atoms with E-state index < -0.39 is 0 Å². The Morgan fingerprint density at radius 1 is 1.53 bits per heavy atom. The van der Waals surface area contributed by atoms with Gasteiger partial charge in [0.25, 0.3) is 5.91 Å². The Morgan fingerprint density at radius 2 is 2.29 bits per heavy atom. The number of aromatic nitrogens is 2. The number of carbonyl (C=O) groups is 1. The number of rotatable bonds is 2. The molecule has 2 rings (SSSR count). The van der Waals surface area contributed by atoms with Gasteiger partial charge in [0.15, 0.2) is 0 Å². The first-order chi connectivity index (χ1) is 8.08. The number of aryl methyl sites for hydroxylation is 1. The molecule has 0 aliphatic rings. The molecule has 0 radical (unpaired) electrons. The van der Waals surface area contributed by atoms with Gasteiger partial charge in [-0.2, -0.15) is 5.10 Å². The van der Waals surface area contributed by atoms with Gasteiger partial charge in [-0.3, -0.25) is 9.89 Å². The van der Waals surface area contributed by atoms with Crippen LogP contribution in [0.15, 0.2) is 24.4 Å². The first-order valence-corrected chi connectivity index (χ1v) is 4.97. The zero-order chi connectivity index (χ0) is 12.4. The van der Waals surface area contributed by atoms with Crippen molar-refractivity contribution < 1.29 is 9.90 Å². The summed E-state index contributed by atoms with van der Waals surface area (Å²) < 4.78 is 0.